The number of sulfonamides is 1. The average Bonchev–Trinajstić information content (AvgIpc) is 3.23. The third-order valence-corrected chi connectivity index (χ3v) is 5.65. The molecule has 0 aliphatic heterocycles. The van der Waals surface area contributed by atoms with Gasteiger partial charge in [0.15, 0.2) is 0 Å². The Balaban J connectivity index is 2.12. The van der Waals surface area contributed by atoms with E-state index in [0.717, 1.165) is 37.5 Å². The van der Waals surface area contributed by atoms with E-state index in [9.17, 15) is 8.42 Å². The van der Waals surface area contributed by atoms with Gasteiger partial charge < -0.3 is 0 Å². The van der Waals surface area contributed by atoms with Crippen LogP contribution in [0.1, 0.15) is 31.7 Å². The van der Waals surface area contributed by atoms with Crippen LogP contribution in [0.2, 0.25) is 0 Å². The van der Waals surface area contributed by atoms with Crippen molar-refractivity contribution in [1.29, 1.82) is 0 Å². The van der Waals surface area contributed by atoms with Crippen molar-refractivity contribution in [3.8, 4) is 0 Å². The Kier molecular flexibility index (Phi) is 5.41. The topological polar surface area (TPSA) is 40.6 Å². The molecule has 0 heterocycles. The first-order valence-electron chi connectivity index (χ1n) is 7.67. The molecule has 0 N–H and O–H groups in total. The highest BCUT2D eigenvalue weighted by molar-refractivity contribution is 7.89. The molecule has 0 aromatic heterocycles. The predicted octanol–water partition coefficient (Wildman–Crippen LogP) is 2.56. The van der Waals surface area contributed by atoms with E-state index in [0.29, 0.717) is 4.90 Å². The number of rotatable bonds is 8. The predicted molar refractivity (Wildman–Crippen MR) is 85.6 cm³/mol. The first-order valence-corrected chi connectivity index (χ1v) is 9.11. The molecule has 2 rings (SSSR count). The van der Waals surface area contributed by atoms with Crippen molar-refractivity contribution in [2.75, 3.05) is 27.2 Å². The third-order valence-electron chi connectivity index (χ3n) is 3.84. The van der Waals surface area contributed by atoms with E-state index >= 15 is 0 Å². The SMILES string of the molecule is CCCN(Cc1cccc(S(=O)(=O)N(C)C)c1)CC1CC1. The molecule has 0 amide bonds. The van der Waals surface area contributed by atoms with Crippen LogP contribution in [0.25, 0.3) is 0 Å². The van der Waals surface area contributed by atoms with Gasteiger partial charge in [-0.15, -0.1) is 0 Å². The smallest absolute Gasteiger partial charge is 0.242 e. The minimum Gasteiger partial charge on any atom is -0.299 e. The van der Waals surface area contributed by atoms with Gasteiger partial charge in [0.2, 0.25) is 10.0 Å². The fourth-order valence-electron chi connectivity index (χ4n) is 2.49. The van der Waals surface area contributed by atoms with Gasteiger partial charge in [-0.2, -0.15) is 0 Å². The Labute approximate surface area is 128 Å². The quantitative estimate of drug-likeness (QED) is 0.741. The van der Waals surface area contributed by atoms with Gasteiger partial charge in [-0.3, -0.25) is 4.90 Å². The zero-order valence-corrected chi connectivity index (χ0v) is 14.1. The minimum absolute atomic E-state index is 0.382. The Hall–Kier alpha value is -0.910. The summed E-state index contributed by atoms with van der Waals surface area (Å²) in [5.41, 5.74) is 1.08. The van der Waals surface area contributed by atoms with Crippen LogP contribution < -0.4 is 0 Å². The second kappa shape index (κ2) is 6.90. The van der Waals surface area contributed by atoms with Gasteiger partial charge in [-0.25, -0.2) is 12.7 Å². The zero-order valence-electron chi connectivity index (χ0n) is 13.2. The Morgan fingerprint density at radius 1 is 1.24 bits per heavy atom. The Bertz CT molecular complexity index is 565. The van der Waals surface area contributed by atoms with Crippen LogP contribution in [0.3, 0.4) is 0 Å². The van der Waals surface area contributed by atoms with Crippen molar-refractivity contribution in [2.24, 2.45) is 5.92 Å². The van der Waals surface area contributed by atoms with E-state index in [2.05, 4.69) is 11.8 Å². The van der Waals surface area contributed by atoms with E-state index in [1.54, 1.807) is 20.2 Å². The van der Waals surface area contributed by atoms with Gasteiger partial charge in [-0.05, 0) is 49.4 Å². The van der Waals surface area contributed by atoms with Crippen molar-refractivity contribution in [3.05, 3.63) is 29.8 Å². The molecule has 118 valence electrons. The molecule has 1 aliphatic carbocycles. The van der Waals surface area contributed by atoms with E-state index in [1.165, 1.54) is 17.1 Å². The van der Waals surface area contributed by atoms with E-state index < -0.39 is 10.0 Å². The number of benzene rings is 1. The second-order valence-corrected chi connectivity index (χ2v) is 8.27. The lowest BCUT2D eigenvalue weighted by atomic mass is 10.2. The lowest BCUT2D eigenvalue weighted by Crippen LogP contribution is -2.27. The maximum absolute atomic E-state index is 12.2. The normalized spacial score (nSPS) is 15.9. The molecule has 1 aromatic carbocycles. The summed E-state index contributed by atoms with van der Waals surface area (Å²) in [7, 11) is -0.207. The van der Waals surface area contributed by atoms with E-state index in [-0.39, 0.29) is 0 Å². The molecule has 0 bridgehead atoms. The molecule has 1 fully saturated rings. The van der Waals surface area contributed by atoms with Gasteiger partial charge in [0.1, 0.15) is 0 Å². The van der Waals surface area contributed by atoms with Crippen molar-refractivity contribution in [1.82, 2.24) is 9.21 Å². The molecular formula is C16H26N2O2S. The maximum Gasteiger partial charge on any atom is 0.242 e. The maximum atomic E-state index is 12.2. The molecule has 0 radical (unpaired) electrons. The largest absolute Gasteiger partial charge is 0.299 e. The van der Waals surface area contributed by atoms with Gasteiger partial charge in [0, 0.05) is 27.2 Å². The van der Waals surface area contributed by atoms with Crippen molar-refractivity contribution in [2.45, 2.75) is 37.6 Å². The third kappa shape index (κ3) is 4.53. The molecule has 21 heavy (non-hydrogen) atoms. The summed E-state index contributed by atoms with van der Waals surface area (Å²) in [6.07, 6.45) is 3.81. The summed E-state index contributed by atoms with van der Waals surface area (Å²) >= 11 is 0. The summed E-state index contributed by atoms with van der Waals surface area (Å²) in [6, 6.07) is 7.34. The lowest BCUT2D eigenvalue weighted by molar-refractivity contribution is 0.255. The van der Waals surface area contributed by atoms with Crippen LogP contribution >= 0.6 is 0 Å². The highest BCUT2D eigenvalue weighted by Crippen LogP contribution is 2.30. The molecule has 1 saturated carbocycles. The van der Waals surface area contributed by atoms with E-state index in [4.69, 9.17) is 0 Å². The van der Waals surface area contributed by atoms with Crippen LogP contribution in [0.4, 0.5) is 0 Å². The number of hydrogen-bond donors (Lipinski definition) is 0. The Morgan fingerprint density at radius 3 is 2.52 bits per heavy atom. The molecule has 1 aromatic rings. The molecule has 0 spiro atoms. The van der Waals surface area contributed by atoms with Gasteiger partial charge in [0.05, 0.1) is 4.90 Å². The second-order valence-electron chi connectivity index (χ2n) is 6.11. The molecule has 0 saturated heterocycles. The van der Waals surface area contributed by atoms with Crippen LogP contribution in [0.5, 0.6) is 0 Å². The lowest BCUT2D eigenvalue weighted by Gasteiger charge is -2.22. The van der Waals surface area contributed by atoms with Crippen molar-refractivity contribution in [3.63, 3.8) is 0 Å². The fraction of sp³-hybridized carbons (Fsp3) is 0.625. The van der Waals surface area contributed by atoms with Crippen LogP contribution in [0, 0.1) is 5.92 Å². The van der Waals surface area contributed by atoms with E-state index in [1.807, 2.05) is 18.2 Å². The summed E-state index contributed by atoms with van der Waals surface area (Å²) < 4.78 is 25.7. The van der Waals surface area contributed by atoms with Gasteiger partial charge >= 0.3 is 0 Å². The molecule has 1 aliphatic rings. The molecule has 0 unspecified atom stereocenters. The zero-order chi connectivity index (χ0) is 15.5. The van der Waals surface area contributed by atoms with Crippen LogP contribution in [0.15, 0.2) is 29.2 Å². The Morgan fingerprint density at radius 2 is 1.95 bits per heavy atom. The van der Waals surface area contributed by atoms with Crippen LogP contribution in [-0.4, -0.2) is 44.8 Å². The van der Waals surface area contributed by atoms with Gasteiger partial charge in [0.25, 0.3) is 0 Å². The average molecular weight is 310 g/mol. The fourth-order valence-corrected chi connectivity index (χ4v) is 3.46. The summed E-state index contributed by atoms with van der Waals surface area (Å²) in [5.74, 6) is 0.852. The highest BCUT2D eigenvalue weighted by atomic mass is 32.2. The van der Waals surface area contributed by atoms with Gasteiger partial charge in [-0.1, -0.05) is 19.1 Å². The summed E-state index contributed by atoms with van der Waals surface area (Å²) in [5, 5.41) is 0. The van der Waals surface area contributed by atoms with Crippen molar-refractivity contribution >= 4 is 10.0 Å². The first kappa shape index (κ1) is 16.5. The molecular weight excluding hydrogens is 284 g/mol. The number of nitrogens with zero attached hydrogens (tertiary/aromatic N) is 2. The summed E-state index contributed by atoms with van der Waals surface area (Å²) in [4.78, 5) is 2.83. The summed E-state index contributed by atoms with van der Waals surface area (Å²) in [6.45, 7) is 5.23. The number of hydrogen-bond acceptors (Lipinski definition) is 3. The molecule has 5 heteroatoms. The minimum atomic E-state index is -3.34. The molecule has 4 nitrogen and oxygen atoms in total. The van der Waals surface area contributed by atoms with Crippen LogP contribution in [-0.2, 0) is 16.6 Å². The monoisotopic (exact) mass is 310 g/mol. The van der Waals surface area contributed by atoms with Crippen molar-refractivity contribution < 1.29 is 8.42 Å². The molecule has 0 atom stereocenters. The highest BCUT2D eigenvalue weighted by Gasteiger charge is 2.24. The first-order chi connectivity index (χ1) is 9.93. The standard InChI is InChI=1S/C16H26N2O2S/c1-4-10-18(12-14-8-9-14)13-15-6-5-7-16(11-15)21(19,20)17(2)3/h5-7,11,14H,4,8-10,12-13H2,1-3H3.